The largest absolute Gasteiger partial charge is 3.00 e. The molecule has 1 aromatic rings. The Bertz CT molecular complexity index is 388. The van der Waals surface area contributed by atoms with Gasteiger partial charge in [-0.1, -0.05) is 13.8 Å². The average molecular weight is 283 g/mol. The number of allylic oxidation sites excluding steroid dienone is 8. The molecule has 2 aliphatic rings. The van der Waals surface area contributed by atoms with Gasteiger partial charge in [-0.25, -0.2) is 24.3 Å². The summed E-state index contributed by atoms with van der Waals surface area (Å²) in [6.07, 6.45) is 20.0. The quantitative estimate of drug-likeness (QED) is 0.477. The van der Waals surface area contributed by atoms with Crippen molar-refractivity contribution in [3.63, 3.8) is 0 Å². The molecule has 0 atom stereocenters. The molecule has 0 aliphatic heterocycles. The molecule has 1 aromatic carbocycles. The molecule has 0 fully saturated rings. The Kier molecular flexibility index (Phi) is 11.3. The molecule has 2 aliphatic carbocycles. The van der Waals surface area contributed by atoms with Gasteiger partial charge in [0.05, 0.1) is 0 Å². The van der Waals surface area contributed by atoms with E-state index in [9.17, 15) is 0 Å². The third-order valence-electron chi connectivity index (χ3n) is 2.51. The molecule has 0 nitrogen and oxygen atoms in total. The maximum Gasteiger partial charge on any atom is 3.00 e. The van der Waals surface area contributed by atoms with Crippen LogP contribution < -0.4 is 0 Å². The Morgan fingerprint density at radius 2 is 1.53 bits per heavy atom. The molecule has 0 saturated carbocycles. The minimum atomic E-state index is 0. The van der Waals surface area contributed by atoms with Gasteiger partial charge in [0.2, 0.25) is 0 Å². The molecule has 0 bridgehead atoms. The Labute approximate surface area is 132 Å². The van der Waals surface area contributed by atoms with Crippen LogP contribution in [0.2, 0.25) is 0 Å². The SMILES string of the molecule is Cc1[c-]cccc1C.[C-]1=CC=CC1.[C-]1=CC=CC1.[Ti+3]. The molecule has 0 spiro atoms. The van der Waals surface area contributed by atoms with Crippen molar-refractivity contribution in [3.05, 3.63) is 84.0 Å². The minimum absolute atomic E-state index is 0. The van der Waals surface area contributed by atoms with Crippen molar-refractivity contribution >= 4 is 0 Å². The summed E-state index contributed by atoms with van der Waals surface area (Å²) in [5.74, 6) is 0. The van der Waals surface area contributed by atoms with Crippen molar-refractivity contribution < 1.29 is 21.7 Å². The van der Waals surface area contributed by atoms with E-state index in [4.69, 9.17) is 0 Å². The minimum Gasteiger partial charge on any atom is -0.273 e. The van der Waals surface area contributed by atoms with E-state index < -0.39 is 0 Å². The van der Waals surface area contributed by atoms with Crippen LogP contribution in [0.15, 0.2) is 54.7 Å². The fourth-order valence-corrected chi connectivity index (χ4v) is 1.28. The van der Waals surface area contributed by atoms with Crippen molar-refractivity contribution in [3.8, 4) is 0 Å². The smallest absolute Gasteiger partial charge is 0.273 e. The van der Waals surface area contributed by atoms with Crippen molar-refractivity contribution in [1.82, 2.24) is 0 Å². The molecular weight excluding hydrogens is 264 g/mol. The van der Waals surface area contributed by atoms with Crippen molar-refractivity contribution in [2.45, 2.75) is 26.7 Å². The molecule has 1 radical (unpaired) electrons. The van der Waals surface area contributed by atoms with Crippen LogP contribution in [0.5, 0.6) is 0 Å². The van der Waals surface area contributed by atoms with Crippen LogP contribution in [0.3, 0.4) is 0 Å². The summed E-state index contributed by atoms with van der Waals surface area (Å²) in [4.78, 5) is 0. The van der Waals surface area contributed by atoms with Gasteiger partial charge in [-0.2, -0.15) is 47.5 Å². The molecule has 0 heterocycles. The van der Waals surface area contributed by atoms with Crippen LogP contribution >= 0.6 is 0 Å². The first kappa shape index (κ1) is 17.9. The maximum atomic E-state index is 3.10. The molecule has 3 rings (SSSR count). The summed E-state index contributed by atoms with van der Waals surface area (Å²) in [6, 6.07) is 9.12. The molecule has 95 valence electrons. The van der Waals surface area contributed by atoms with Crippen molar-refractivity contribution in [2.24, 2.45) is 0 Å². The monoisotopic (exact) mass is 283 g/mol. The van der Waals surface area contributed by atoms with E-state index in [-0.39, 0.29) is 21.7 Å². The summed E-state index contributed by atoms with van der Waals surface area (Å²) in [6.45, 7) is 4.15. The Morgan fingerprint density at radius 3 is 1.74 bits per heavy atom. The molecular formula is C18H19Ti. The van der Waals surface area contributed by atoms with Gasteiger partial charge in [0.1, 0.15) is 0 Å². The van der Waals surface area contributed by atoms with Crippen LogP contribution in [0.25, 0.3) is 0 Å². The predicted octanol–water partition coefficient (Wildman–Crippen LogP) is 4.71. The maximum absolute atomic E-state index is 3.10. The van der Waals surface area contributed by atoms with Gasteiger partial charge in [0.15, 0.2) is 0 Å². The number of rotatable bonds is 0. The summed E-state index contributed by atoms with van der Waals surface area (Å²) in [5, 5.41) is 0. The number of hydrogen-bond donors (Lipinski definition) is 0. The number of hydrogen-bond acceptors (Lipinski definition) is 0. The van der Waals surface area contributed by atoms with Gasteiger partial charge in [-0.05, 0) is 0 Å². The number of aryl methyl sites for hydroxylation is 2. The van der Waals surface area contributed by atoms with E-state index in [0.29, 0.717) is 0 Å². The third kappa shape index (κ3) is 9.47. The van der Waals surface area contributed by atoms with Gasteiger partial charge in [0.25, 0.3) is 0 Å². The molecule has 0 aromatic heterocycles. The Balaban J connectivity index is 0.000000259. The first-order chi connectivity index (χ1) is 8.80. The second kappa shape index (κ2) is 12.0. The summed E-state index contributed by atoms with van der Waals surface area (Å²) in [5.41, 5.74) is 2.56. The van der Waals surface area contributed by atoms with Crippen molar-refractivity contribution in [2.75, 3.05) is 0 Å². The molecule has 0 unspecified atom stereocenters. The fraction of sp³-hybridized carbons (Fsp3) is 0.222. The van der Waals surface area contributed by atoms with E-state index in [1.807, 2.05) is 36.4 Å². The third-order valence-corrected chi connectivity index (χ3v) is 2.51. The number of benzene rings is 1. The zero-order chi connectivity index (χ0) is 13.1. The molecule has 0 saturated heterocycles. The van der Waals surface area contributed by atoms with Gasteiger partial charge in [-0.3, -0.25) is 12.2 Å². The van der Waals surface area contributed by atoms with Gasteiger partial charge in [0, 0.05) is 0 Å². The standard InChI is InChI=1S/C8H9.2C5H5.Ti/c1-7-5-3-4-6-8(7)2;2*1-2-4-5-3-1;/h3-5H,1-2H3;2*1-3H,4H2;/q3*-1;+3. The van der Waals surface area contributed by atoms with Crippen LogP contribution in [0.1, 0.15) is 24.0 Å². The molecule has 19 heavy (non-hydrogen) atoms. The summed E-state index contributed by atoms with van der Waals surface area (Å²) in [7, 11) is 0. The second-order valence-corrected chi connectivity index (χ2v) is 3.98. The predicted molar refractivity (Wildman–Crippen MR) is 77.9 cm³/mol. The molecule has 1 heteroatoms. The fourth-order valence-electron chi connectivity index (χ4n) is 1.28. The second-order valence-electron chi connectivity index (χ2n) is 3.98. The average Bonchev–Trinajstić information content (AvgIpc) is 3.11. The summed E-state index contributed by atoms with van der Waals surface area (Å²) < 4.78 is 0. The first-order valence-corrected chi connectivity index (χ1v) is 6.18. The molecule has 0 amide bonds. The van der Waals surface area contributed by atoms with Gasteiger partial charge < -0.3 is 0 Å². The zero-order valence-corrected chi connectivity index (χ0v) is 13.2. The van der Waals surface area contributed by atoms with Crippen LogP contribution in [0.4, 0.5) is 0 Å². The van der Waals surface area contributed by atoms with Crippen LogP contribution in [-0.2, 0) is 21.7 Å². The van der Waals surface area contributed by atoms with Gasteiger partial charge >= 0.3 is 21.7 Å². The first-order valence-electron chi connectivity index (χ1n) is 6.18. The van der Waals surface area contributed by atoms with E-state index in [2.05, 4.69) is 50.3 Å². The van der Waals surface area contributed by atoms with E-state index >= 15 is 0 Å². The van der Waals surface area contributed by atoms with Crippen molar-refractivity contribution in [1.29, 1.82) is 0 Å². The topological polar surface area (TPSA) is 0 Å². The van der Waals surface area contributed by atoms with Crippen LogP contribution in [0, 0.1) is 32.1 Å². The normalized spacial score (nSPS) is 13.2. The van der Waals surface area contributed by atoms with E-state index in [1.165, 1.54) is 11.1 Å². The van der Waals surface area contributed by atoms with Gasteiger partial charge in [-0.15, -0.1) is 12.8 Å². The summed E-state index contributed by atoms with van der Waals surface area (Å²) >= 11 is 0. The van der Waals surface area contributed by atoms with Crippen LogP contribution in [-0.4, -0.2) is 0 Å². The Morgan fingerprint density at radius 1 is 0.947 bits per heavy atom. The zero-order valence-electron chi connectivity index (χ0n) is 11.6. The Hall–Kier alpha value is -1.11. The van der Waals surface area contributed by atoms with E-state index in [0.717, 1.165) is 12.8 Å². The van der Waals surface area contributed by atoms with E-state index in [1.54, 1.807) is 0 Å². The molecule has 0 N–H and O–H groups in total.